The number of hydrogen-bond donors (Lipinski definition) is 3. The van der Waals surface area contributed by atoms with Crippen molar-refractivity contribution in [1.29, 1.82) is 0 Å². The van der Waals surface area contributed by atoms with Crippen LogP contribution < -0.4 is 16.0 Å². The van der Waals surface area contributed by atoms with E-state index in [0.29, 0.717) is 0 Å². The van der Waals surface area contributed by atoms with Gasteiger partial charge in [0.1, 0.15) is 5.69 Å². The molecule has 0 unspecified atom stereocenters. The Kier molecular flexibility index (Phi) is 3.99. The fourth-order valence-corrected chi connectivity index (χ4v) is 2.30. The van der Waals surface area contributed by atoms with Crippen LogP contribution in [0.3, 0.4) is 0 Å². The average molecular weight is 260 g/mol. The molecule has 0 saturated heterocycles. The van der Waals surface area contributed by atoms with Crippen LogP contribution in [0.4, 0.5) is 11.4 Å². The van der Waals surface area contributed by atoms with E-state index < -0.39 is 14.9 Å². The van der Waals surface area contributed by atoms with Gasteiger partial charge in [0.2, 0.25) is 10.0 Å². The van der Waals surface area contributed by atoms with Crippen LogP contribution in [0.1, 0.15) is 6.92 Å². The lowest BCUT2D eigenvalue weighted by Gasteiger charge is -2.07. The molecule has 1 aromatic rings. The molecule has 0 atom stereocenters. The number of rotatable bonds is 5. The van der Waals surface area contributed by atoms with Crippen molar-refractivity contribution in [2.75, 3.05) is 12.0 Å². The minimum atomic E-state index is -3.65. The zero-order chi connectivity index (χ0) is 13.1. The number of hydrazine groups is 1. The van der Waals surface area contributed by atoms with Crippen LogP contribution in [0, 0.1) is 10.1 Å². The van der Waals surface area contributed by atoms with Crippen LogP contribution in [-0.4, -0.2) is 19.9 Å². The molecule has 0 aromatic heterocycles. The molecule has 0 bridgehead atoms. The number of nitrogens with two attached hydrogens (primary N) is 1. The third-order valence-electron chi connectivity index (χ3n) is 1.96. The topological polar surface area (TPSA) is 127 Å². The van der Waals surface area contributed by atoms with Gasteiger partial charge in [0.15, 0.2) is 0 Å². The molecule has 4 N–H and O–H groups in total. The van der Waals surface area contributed by atoms with Crippen molar-refractivity contribution in [3.63, 3.8) is 0 Å². The van der Waals surface area contributed by atoms with Gasteiger partial charge in [0, 0.05) is 12.6 Å². The Hall–Kier alpha value is -1.71. The van der Waals surface area contributed by atoms with E-state index >= 15 is 0 Å². The Bertz CT molecular complexity index is 528. The summed E-state index contributed by atoms with van der Waals surface area (Å²) in [4.78, 5) is 9.87. The molecule has 94 valence electrons. The number of hydrogen-bond acceptors (Lipinski definition) is 6. The van der Waals surface area contributed by atoms with E-state index in [0.717, 1.165) is 18.2 Å². The molecule has 0 aliphatic heterocycles. The summed E-state index contributed by atoms with van der Waals surface area (Å²) in [5.74, 6) is 5.10. The molecule has 0 radical (unpaired) electrons. The quantitative estimate of drug-likeness (QED) is 0.393. The van der Waals surface area contributed by atoms with Gasteiger partial charge in [0.25, 0.3) is 5.69 Å². The van der Waals surface area contributed by atoms with E-state index in [9.17, 15) is 18.5 Å². The van der Waals surface area contributed by atoms with E-state index in [2.05, 4.69) is 10.1 Å². The minimum absolute atomic E-state index is 0.0611. The van der Waals surface area contributed by atoms with Gasteiger partial charge >= 0.3 is 0 Å². The Morgan fingerprint density at radius 1 is 1.47 bits per heavy atom. The van der Waals surface area contributed by atoms with E-state index in [4.69, 9.17) is 5.84 Å². The molecular weight excluding hydrogens is 248 g/mol. The standard InChI is InChI=1S/C8H12N4O4S/c1-2-10-17(15,16)6-3-4-8(12(13)14)7(5-6)11-9/h3-5,10-11H,2,9H2,1H3. The molecule has 0 amide bonds. The lowest BCUT2D eigenvalue weighted by atomic mass is 10.3. The summed E-state index contributed by atoms with van der Waals surface area (Å²) in [5, 5.41) is 10.6. The highest BCUT2D eigenvalue weighted by Gasteiger charge is 2.19. The van der Waals surface area contributed by atoms with Crippen molar-refractivity contribution in [1.82, 2.24) is 4.72 Å². The maximum atomic E-state index is 11.6. The second-order valence-corrected chi connectivity index (χ2v) is 4.85. The van der Waals surface area contributed by atoms with Gasteiger partial charge in [-0.3, -0.25) is 16.0 Å². The SMILES string of the molecule is CCNS(=O)(=O)c1ccc([N+](=O)[O-])c(NN)c1. The molecule has 1 aromatic carbocycles. The monoisotopic (exact) mass is 260 g/mol. The molecule has 1 rings (SSSR count). The van der Waals surface area contributed by atoms with Crippen LogP contribution in [0.5, 0.6) is 0 Å². The van der Waals surface area contributed by atoms with Gasteiger partial charge in [-0.25, -0.2) is 13.1 Å². The number of nitrogen functional groups attached to an aromatic ring is 1. The van der Waals surface area contributed by atoms with Crippen LogP contribution in [0.25, 0.3) is 0 Å². The Morgan fingerprint density at radius 2 is 2.12 bits per heavy atom. The predicted octanol–water partition coefficient (Wildman–Crippen LogP) is 0.179. The van der Waals surface area contributed by atoms with Crippen molar-refractivity contribution in [3.8, 4) is 0 Å². The molecule has 9 heteroatoms. The van der Waals surface area contributed by atoms with Gasteiger partial charge in [-0.1, -0.05) is 6.92 Å². The Labute approximate surface area is 98.0 Å². The predicted molar refractivity (Wildman–Crippen MR) is 61.8 cm³/mol. The highest BCUT2D eigenvalue weighted by molar-refractivity contribution is 7.89. The molecule has 0 aliphatic rings. The van der Waals surface area contributed by atoms with Gasteiger partial charge < -0.3 is 5.43 Å². The summed E-state index contributed by atoms with van der Waals surface area (Å²) < 4.78 is 25.5. The Balaban J connectivity index is 3.27. The van der Waals surface area contributed by atoms with E-state index in [-0.39, 0.29) is 22.8 Å². The van der Waals surface area contributed by atoms with Crippen molar-refractivity contribution in [2.24, 2.45) is 5.84 Å². The molecular formula is C8H12N4O4S. The van der Waals surface area contributed by atoms with Crippen molar-refractivity contribution >= 4 is 21.4 Å². The first-order valence-electron chi connectivity index (χ1n) is 4.67. The molecule has 0 fully saturated rings. The molecule has 0 spiro atoms. The summed E-state index contributed by atoms with van der Waals surface area (Å²) in [6, 6.07) is 3.34. The van der Waals surface area contributed by atoms with E-state index in [1.54, 1.807) is 6.92 Å². The van der Waals surface area contributed by atoms with Crippen molar-refractivity contribution < 1.29 is 13.3 Å². The lowest BCUT2D eigenvalue weighted by molar-refractivity contribution is -0.384. The van der Waals surface area contributed by atoms with Crippen LogP contribution in [0.2, 0.25) is 0 Å². The fourth-order valence-electron chi connectivity index (χ4n) is 1.23. The lowest BCUT2D eigenvalue weighted by Crippen LogP contribution is -2.23. The smallest absolute Gasteiger partial charge is 0.293 e. The summed E-state index contributed by atoms with van der Waals surface area (Å²) >= 11 is 0. The average Bonchev–Trinajstić information content (AvgIpc) is 2.27. The number of nitro groups is 1. The summed E-state index contributed by atoms with van der Waals surface area (Å²) in [6.07, 6.45) is 0. The van der Waals surface area contributed by atoms with Gasteiger partial charge in [-0.15, -0.1) is 0 Å². The highest BCUT2D eigenvalue weighted by atomic mass is 32.2. The highest BCUT2D eigenvalue weighted by Crippen LogP contribution is 2.26. The number of sulfonamides is 1. The minimum Gasteiger partial charge on any atom is -0.318 e. The maximum Gasteiger partial charge on any atom is 0.293 e. The first-order valence-corrected chi connectivity index (χ1v) is 6.15. The molecule has 8 nitrogen and oxygen atoms in total. The number of benzene rings is 1. The summed E-state index contributed by atoms with van der Waals surface area (Å²) in [5.41, 5.74) is 1.75. The normalized spacial score (nSPS) is 11.2. The second kappa shape index (κ2) is 5.08. The van der Waals surface area contributed by atoms with Crippen molar-refractivity contribution in [2.45, 2.75) is 11.8 Å². The summed E-state index contributed by atoms with van der Waals surface area (Å²) in [6.45, 7) is 1.86. The van der Waals surface area contributed by atoms with Crippen LogP contribution in [-0.2, 0) is 10.0 Å². The zero-order valence-corrected chi connectivity index (χ0v) is 9.82. The van der Waals surface area contributed by atoms with Crippen molar-refractivity contribution in [3.05, 3.63) is 28.3 Å². The maximum absolute atomic E-state index is 11.6. The van der Waals surface area contributed by atoms with Crippen LogP contribution >= 0.6 is 0 Å². The summed E-state index contributed by atoms with van der Waals surface area (Å²) in [7, 11) is -3.65. The van der Waals surface area contributed by atoms with Crippen LogP contribution in [0.15, 0.2) is 23.1 Å². The van der Waals surface area contributed by atoms with Gasteiger partial charge in [-0.2, -0.15) is 0 Å². The largest absolute Gasteiger partial charge is 0.318 e. The number of nitrogens with zero attached hydrogens (tertiary/aromatic N) is 1. The van der Waals surface area contributed by atoms with E-state index in [1.165, 1.54) is 0 Å². The number of nitrogens with one attached hydrogen (secondary N) is 2. The first kappa shape index (κ1) is 13.4. The fraction of sp³-hybridized carbons (Fsp3) is 0.250. The molecule has 0 heterocycles. The second-order valence-electron chi connectivity index (χ2n) is 3.08. The molecule has 0 aliphatic carbocycles. The third-order valence-corrected chi connectivity index (χ3v) is 3.51. The third kappa shape index (κ3) is 2.90. The van der Waals surface area contributed by atoms with E-state index in [1.807, 2.05) is 0 Å². The van der Waals surface area contributed by atoms with Gasteiger partial charge in [-0.05, 0) is 12.1 Å². The number of anilines is 1. The molecule has 0 saturated carbocycles. The Morgan fingerprint density at radius 3 is 2.59 bits per heavy atom. The first-order chi connectivity index (χ1) is 7.92. The zero-order valence-electron chi connectivity index (χ0n) is 9.00. The molecule has 17 heavy (non-hydrogen) atoms. The number of nitro benzene ring substituents is 1. The van der Waals surface area contributed by atoms with Gasteiger partial charge in [0.05, 0.1) is 9.82 Å².